The van der Waals surface area contributed by atoms with Crippen LogP contribution in [0.15, 0.2) is 59.5 Å². The lowest BCUT2D eigenvalue weighted by Crippen LogP contribution is -2.40. The van der Waals surface area contributed by atoms with Gasteiger partial charge in [0.25, 0.3) is 16.0 Å². The molecule has 4 aromatic rings. The van der Waals surface area contributed by atoms with Crippen molar-refractivity contribution in [2.24, 2.45) is 7.05 Å². The Bertz CT molecular complexity index is 1690. The molecule has 0 saturated carbocycles. The molecule has 1 fully saturated rings. The number of fused-ring (bicyclic) bond motifs is 3. The SMILES string of the molecule is CC(=O)O.COc1ccc(N(C(=O)CCN2CCCCC2)S(=O)(=O)c2ccc3c(c2)c2ccccc2n3C)c(OC)n1. The fourth-order valence-corrected chi connectivity index (χ4v) is 6.66. The highest BCUT2D eigenvalue weighted by atomic mass is 32.2. The monoisotopic (exact) mass is 596 g/mol. The van der Waals surface area contributed by atoms with Crippen LogP contribution in [0.4, 0.5) is 5.69 Å². The molecular weight excluding hydrogens is 560 g/mol. The lowest BCUT2D eigenvalue weighted by molar-refractivity contribution is -0.134. The maximum absolute atomic E-state index is 14.2. The quantitative estimate of drug-likeness (QED) is 0.314. The smallest absolute Gasteiger partial charge is 0.300 e. The summed E-state index contributed by atoms with van der Waals surface area (Å²) in [6.45, 7) is 3.38. The summed E-state index contributed by atoms with van der Waals surface area (Å²) in [6.07, 6.45) is 3.39. The molecule has 5 rings (SSSR count). The summed E-state index contributed by atoms with van der Waals surface area (Å²) >= 11 is 0. The first-order chi connectivity index (χ1) is 20.1. The molecule has 3 heterocycles. The topological polar surface area (TPSA) is 131 Å². The lowest BCUT2D eigenvalue weighted by Gasteiger charge is -2.28. The van der Waals surface area contributed by atoms with Gasteiger partial charge < -0.3 is 24.0 Å². The van der Waals surface area contributed by atoms with Gasteiger partial charge in [-0.25, -0.2) is 8.42 Å². The number of carboxylic acids is 1. The average molecular weight is 597 g/mol. The van der Waals surface area contributed by atoms with Gasteiger partial charge in [-0.15, -0.1) is 0 Å². The minimum Gasteiger partial charge on any atom is -0.481 e. The predicted molar refractivity (Wildman–Crippen MR) is 161 cm³/mol. The normalized spacial score (nSPS) is 13.8. The molecule has 0 bridgehead atoms. The van der Waals surface area contributed by atoms with Crippen LogP contribution in [0.2, 0.25) is 0 Å². The van der Waals surface area contributed by atoms with E-state index in [1.165, 1.54) is 32.8 Å². The van der Waals surface area contributed by atoms with Gasteiger partial charge in [0.1, 0.15) is 5.69 Å². The van der Waals surface area contributed by atoms with Crippen molar-refractivity contribution < 1.29 is 32.6 Å². The second-order valence-electron chi connectivity index (χ2n) is 9.97. The maximum atomic E-state index is 14.2. The van der Waals surface area contributed by atoms with Crippen LogP contribution in [0.25, 0.3) is 21.8 Å². The molecule has 0 radical (unpaired) electrons. The Morgan fingerprint density at radius 2 is 1.62 bits per heavy atom. The molecule has 1 aliphatic rings. The number of sulfonamides is 1. The van der Waals surface area contributed by atoms with Gasteiger partial charge in [-0.05, 0) is 56.3 Å². The van der Waals surface area contributed by atoms with Gasteiger partial charge >= 0.3 is 0 Å². The Labute approximate surface area is 245 Å². The van der Waals surface area contributed by atoms with Gasteiger partial charge in [0.2, 0.25) is 17.7 Å². The average Bonchev–Trinajstić information content (AvgIpc) is 3.27. The van der Waals surface area contributed by atoms with Crippen molar-refractivity contribution in [1.82, 2.24) is 14.5 Å². The number of carbonyl (C=O) groups excluding carboxylic acids is 1. The molecule has 11 nitrogen and oxygen atoms in total. The van der Waals surface area contributed by atoms with E-state index in [1.54, 1.807) is 18.2 Å². The number of hydrogen-bond acceptors (Lipinski definition) is 8. The summed E-state index contributed by atoms with van der Waals surface area (Å²) in [5.41, 5.74) is 1.94. The summed E-state index contributed by atoms with van der Waals surface area (Å²) in [6, 6.07) is 15.8. The molecule has 12 heteroatoms. The molecule has 1 saturated heterocycles. The number of aryl methyl sites for hydroxylation is 1. The first-order valence-corrected chi connectivity index (χ1v) is 15.1. The van der Waals surface area contributed by atoms with E-state index in [2.05, 4.69) is 9.88 Å². The number of hydrogen-bond donors (Lipinski definition) is 1. The third-order valence-electron chi connectivity index (χ3n) is 7.18. The fourth-order valence-electron chi connectivity index (χ4n) is 5.18. The third-order valence-corrected chi connectivity index (χ3v) is 8.91. The first-order valence-electron chi connectivity index (χ1n) is 13.6. The largest absolute Gasteiger partial charge is 0.481 e. The summed E-state index contributed by atoms with van der Waals surface area (Å²) in [4.78, 5) is 29.2. The lowest BCUT2D eigenvalue weighted by atomic mass is 10.1. The van der Waals surface area contributed by atoms with Crippen LogP contribution in [-0.2, 0) is 26.7 Å². The number of anilines is 1. The number of benzene rings is 2. The molecule has 0 spiro atoms. The van der Waals surface area contributed by atoms with E-state index in [0.717, 1.165) is 59.0 Å². The van der Waals surface area contributed by atoms with E-state index >= 15 is 0 Å². The van der Waals surface area contributed by atoms with Crippen molar-refractivity contribution in [3.05, 3.63) is 54.6 Å². The van der Waals surface area contributed by atoms with Gasteiger partial charge in [-0.3, -0.25) is 9.59 Å². The van der Waals surface area contributed by atoms with Crippen molar-refractivity contribution in [2.45, 2.75) is 37.5 Å². The third kappa shape index (κ3) is 6.50. The Morgan fingerprint density at radius 3 is 2.29 bits per heavy atom. The van der Waals surface area contributed by atoms with Gasteiger partial charge in [0.15, 0.2) is 0 Å². The van der Waals surface area contributed by atoms with E-state index in [0.29, 0.717) is 6.54 Å². The molecular formula is C30H36N4O7S. The van der Waals surface area contributed by atoms with Crippen molar-refractivity contribution in [3.8, 4) is 11.8 Å². The number of amides is 1. The Balaban J connectivity index is 0.000000952. The zero-order valence-corrected chi connectivity index (χ0v) is 25.1. The van der Waals surface area contributed by atoms with E-state index < -0.39 is 21.9 Å². The Kier molecular flexibility index (Phi) is 9.69. The van der Waals surface area contributed by atoms with Crippen LogP contribution in [0, 0.1) is 0 Å². The number of carboxylic acid groups (broad SMARTS) is 1. The number of aliphatic carboxylic acids is 1. The molecule has 2 aromatic carbocycles. The van der Waals surface area contributed by atoms with E-state index in [4.69, 9.17) is 19.4 Å². The number of methoxy groups -OCH3 is 2. The van der Waals surface area contributed by atoms with Crippen LogP contribution in [0.5, 0.6) is 11.8 Å². The molecule has 224 valence electrons. The standard InChI is InChI=1S/C28H32N4O5S.C2H4O2/c1-30-23-10-6-5-9-21(23)22-19-20(11-12-24(22)30)38(34,35)32(25-13-14-26(36-2)29-28(25)37-3)27(33)15-18-31-16-7-4-8-17-31;1-2(3)4/h5-6,9-14,19H,4,7-8,15-18H2,1-3H3;1H3,(H,3,4). The maximum Gasteiger partial charge on any atom is 0.300 e. The summed E-state index contributed by atoms with van der Waals surface area (Å²) < 4.78 is 41.9. The summed E-state index contributed by atoms with van der Waals surface area (Å²) in [7, 11) is 0.476. The molecule has 1 aliphatic heterocycles. The van der Waals surface area contributed by atoms with E-state index in [9.17, 15) is 13.2 Å². The van der Waals surface area contributed by atoms with Crippen molar-refractivity contribution in [2.75, 3.05) is 38.2 Å². The molecule has 42 heavy (non-hydrogen) atoms. The first kappa shape index (κ1) is 30.8. The minimum atomic E-state index is -4.31. The van der Waals surface area contributed by atoms with Crippen LogP contribution in [0.1, 0.15) is 32.6 Å². The number of aromatic nitrogens is 2. The highest BCUT2D eigenvalue weighted by Crippen LogP contribution is 2.36. The number of carbonyl (C=O) groups is 2. The van der Waals surface area contributed by atoms with Crippen LogP contribution in [0.3, 0.4) is 0 Å². The zero-order valence-electron chi connectivity index (χ0n) is 24.2. The molecule has 0 unspecified atom stereocenters. The molecule has 2 aromatic heterocycles. The Morgan fingerprint density at radius 1 is 0.952 bits per heavy atom. The van der Waals surface area contributed by atoms with E-state index in [1.807, 2.05) is 35.9 Å². The number of piperidine rings is 1. The van der Waals surface area contributed by atoms with Gasteiger partial charge in [0.05, 0.1) is 19.1 Å². The van der Waals surface area contributed by atoms with Gasteiger partial charge in [-0.2, -0.15) is 9.29 Å². The fraction of sp³-hybridized carbons (Fsp3) is 0.367. The van der Waals surface area contributed by atoms with Gasteiger partial charge in [-0.1, -0.05) is 24.6 Å². The van der Waals surface area contributed by atoms with Crippen LogP contribution >= 0.6 is 0 Å². The predicted octanol–water partition coefficient (Wildman–Crippen LogP) is 4.43. The van der Waals surface area contributed by atoms with Crippen LogP contribution < -0.4 is 13.8 Å². The number of para-hydroxylation sites is 1. The number of ether oxygens (including phenoxy) is 2. The molecule has 1 N–H and O–H groups in total. The van der Waals surface area contributed by atoms with E-state index in [-0.39, 0.29) is 28.8 Å². The highest BCUT2D eigenvalue weighted by Gasteiger charge is 2.34. The second-order valence-corrected chi connectivity index (χ2v) is 11.8. The zero-order chi connectivity index (χ0) is 30.4. The van der Waals surface area contributed by atoms with Crippen LogP contribution in [-0.4, -0.2) is 73.7 Å². The molecule has 1 amide bonds. The second kappa shape index (κ2) is 13.2. The van der Waals surface area contributed by atoms with Gasteiger partial charge in [0, 0.05) is 54.8 Å². The molecule has 0 atom stereocenters. The molecule has 0 aliphatic carbocycles. The minimum absolute atomic E-state index is 0.00881. The number of rotatable bonds is 8. The number of pyridine rings is 1. The van der Waals surface area contributed by atoms with Crippen molar-refractivity contribution in [1.29, 1.82) is 0 Å². The number of nitrogens with zero attached hydrogens (tertiary/aromatic N) is 4. The number of likely N-dealkylation sites (tertiary alicyclic amines) is 1. The highest BCUT2D eigenvalue weighted by molar-refractivity contribution is 7.93. The van der Waals surface area contributed by atoms with Crippen molar-refractivity contribution >= 4 is 49.4 Å². The summed E-state index contributed by atoms with van der Waals surface area (Å²) in [5, 5.41) is 9.15. The summed E-state index contributed by atoms with van der Waals surface area (Å²) in [5.74, 6) is -1.13. The Hall–Kier alpha value is -4.16. The van der Waals surface area contributed by atoms with Crippen molar-refractivity contribution in [3.63, 3.8) is 0 Å².